The minimum atomic E-state index is -0.0930. The van der Waals surface area contributed by atoms with Gasteiger partial charge in [-0.3, -0.25) is 9.78 Å². The number of pyridine rings is 1. The van der Waals surface area contributed by atoms with Crippen molar-refractivity contribution in [1.82, 2.24) is 9.88 Å². The Labute approximate surface area is 101 Å². The molecule has 0 radical (unpaired) electrons. The Morgan fingerprint density at radius 3 is 2.65 bits per heavy atom. The molecule has 0 aromatic carbocycles. The van der Waals surface area contributed by atoms with E-state index in [2.05, 4.69) is 18.8 Å². The first kappa shape index (κ1) is 11.9. The van der Waals surface area contributed by atoms with Crippen molar-refractivity contribution in [3.05, 3.63) is 24.0 Å². The first-order chi connectivity index (χ1) is 8.11. The summed E-state index contributed by atoms with van der Waals surface area (Å²) in [5.41, 5.74) is 0.348. The van der Waals surface area contributed by atoms with Crippen LogP contribution in [-0.4, -0.2) is 33.0 Å². The van der Waals surface area contributed by atoms with E-state index >= 15 is 0 Å². The molecule has 1 amide bonds. The van der Waals surface area contributed by atoms with Gasteiger partial charge in [-0.25, -0.2) is 0 Å². The average Bonchev–Trinajstić information content (AvgIpc) is 2.29. The van der Waals surface area contributed by atoms with Crippen molar-refractivity contribution in [3.8, 4) is 5.75 Å². The highest BCUT2D eigenvalue weighted by molar-refractivity contribution is 5.97. The van der Waals surface area contributed by atoms with Crippen molar-refractivity contribution in [2.24, 2.45) is 0 Å². The van der Waals surface area contributed by atoms with Crippen LogP contribution in [0.15, 0.2) is 18.5 Å². The fourth-order valence-electron chi connectivity index (χ4n) is 2.53. The third-order valence-electron chi connectivity index (χ3n) is 3.46. The molecule has 1 aliphatic heterocycles. The van der Waals surface area contributed by atoms with Gasteiger partial charge in [0, 0.05) is 18.3 Å². The van der Waals surface area contributed by atoms with Crippen molar-refractivity contribution in [1.29, 1.82) is 0 Å². The Morgan fingerprint density at radius 1 is 1.41 bits per heavy atom. The second-order valence-electron chi connectivity index (χ2n) is 4.73. The van der Waals surface area contributed by atoms with Crippen LogP contribution in [0.3, 0.4) is 0 Å². The normalized spacial score (nSPS) is 24.7. The van der Waals surface area contributed by atoms with E-state index in [1.165, 1.54) is 12.4 Å². The fourth-order valence-corrected chi connectivity index (χ4v) is 2.53. The molecule has 4 nitrogen and oxygen atoms in total. The summed E-state index contributed by atoms with van der Waals surface area (Å²) in [7, 11) is 0. The summed E-state index contributed by atoms with van der Waals surface area (Å²) < 4.78 is 0. The van der Waals surface area contributed by atoms with Crippen LogP contribution in [0, 0.1) is 0 Å². The second-order valence-corrected chi connectivity index (χ2v) is 4.73. The lowest BCUT2D eigenvalue weighted by atomic mass is 9.96. The van der Waals surface area contributed by atoms with Gasteiger partial charge in [0.15, 0.2) is 0 Å². The zero-order valence-corrected chi connectivity index (χ0v) is 10.3. The van der Waals surface area contributed by atoms with Crippen molar-refractivity contribution in [3.63, 3.8) is 0 Å². The maximum Gasteiger partial charge on any atom is 0.258 e. The number of amides is 1. The Bertz CT molecular complexity index is 410. The lowest BCUT2D eigenvalue weighted by molar-refractivity contribution is 0.0507. The topological polar surface area (TPSA) is 53.4 Å². The molecular weight excluding hydrogens is 216 g/mol. The van der Waals surface area contributed by atoms with E-state index in [4.69, 9.17) is 0 Å². The summed E-state index contributed by atoms with van der Waals surface area (Å²) in [6.45, 7) is 4.12. The summed E-state index contributed by atoms with van der Waals surface area (Å²) in [6, 6.07) is 2.05. The summed E-state index contributed by atoms with van der Waals surface area (Å²) >= 11 is 0. The van der Waals surface area contributed by atoms with E-state index in [1.54, 1.807) is 6.07 Å². The van der Waals surface area contributed by atoms with Crippen LogP contribution >= 0.6 is 0 Å². The third-order valence-corrected chi connectivity index (χ3v) is 3.46. The molecule has 0 bridgehead atoms. The predicted molar refractivity (Wildman–Crippen MR) is 64.8 cm³/mol. The molecule has 0 saturated carbocycles. The quantitative estimate of drug-likeness (QED) is 0.810. The number of aromatic hydroxyl groups is 1. The molecule has 0 spiro atoms. The monoisotopic (exact) mass is 234 g/mol. The molecule has 1 fully saturated rings. The first-order valence-corrected chi connectivity index (χ1v) is 6.07. The lowest BCUT2D eigenvalue weighted by Crippen LogP contribution is -2.47. The summed E-state index contributed by atoms with van der Waals surface area (Å²) in [5, 5.41) is 9.67. The van der Waals surface area contributed by atoms with Crippen LogP contribution in [0.4, 0.5) is 0 Å². The van der Waals surface area contributed by atoms with Crippen molar-refractivity contribution >= 4 is 5.91 Å². The molecular formula is C13H18N2O2. The molecule has 0 aliphatic carbocycles. The molecule has 4 heteroatoms. The van der Waals surface area contributed by atoms with Gasteiger partial charge >= 0.3 is 0 Å². The SMILES string of the molecule is C[C@@H]1CCC[C@H](C)N1C(=O)c1ccncc1O. The highest BCUT2D eigenvalue weighted by atomic mass is 16.3. The van der Waals surface area contributed by atoms with Gasteiger partial charge in [0.05, 0.1) is 11.8 Å². The highest BCUT2D eigenvalue weighted by Crippen LogP contribution is 2.26. The molecule has 2 rings (SSSR count). The maximum absolute atomic E-state index is 12.4. The number of piperidine rings is 1. The number of nitrogens with zero attached hydrogens (tertiary/aromatic N) is 2. The Kier molecular flexibility index (Phi) is 3.31. The van der Waals surface area contributed by atoms with Gasteiger partial charge in [-0.1, -0.05) is 0 Å². The van der Waals surface area contributed by atoms with Crippen LogP contribution < -0.4 is 0 Å². The largest absolute Gasteiger partial charge is 0.505 e. The zero-order valence-electron chi connectivity index (χ0n) is 10.3. The Morgan fingerprint density at radius 2 is 2.06 bits per heavy atom. The number of likely N-dealkylation sites (tertiary alicyclic amines) is 1. The summed E-state index contributed by atoms with van der Waals surface area (Å²) in [6.07, 6.45) is 6.07. The van der Waals surface area contributed by atoms with Gasteiger partial charge in [0.1, 0.15) is 5.75 Å². The van der Waals surface area contributed by atoms with Gasteiger partial charge in [-0.2, -0.15) is 0 Å². The molecule has 2 heterocycles. The van der Waals surface area contributed by atoms with Gasteiger partial charge in [-0.05, 0) is 39.2 Å². The highest BCUT2D eigenvalue weighted by Gasteiger charge is 2.30. The van der Waals surface area contributed by atoms with Crippen LogP contribution in [0.5, 0.6) is 5.75 Å². The predicted octanol–water partition coefficient (Wildman–Crippen LogP) is 2.19. The summed E-state index contributed by atoms with van der Waals surface area (Å²) in [4.78, 5) is 18.0. The number of carbonyl (C=O) groups is 1. The molecule has 1 N–H and O–H groups in total. The number of rotatable bonds is 1. The third kappa shape index (κ3) is 2.25. The zero-order chi connectivity index (χ0) is 12.4. The molecule has 2 atom stereocenters. The summed E-state index contributed by atoms with van der Waals surface area (Å²) in [5.74, 6) is -0.132. The minimum Gasteiger partial charge on any atom is -0.505 e. The molecule has 92 valence electrons. The van der Waals surface area contributed by atoms with E-state index in [9.17, 15) is 9.90 Å². The van der Waals surface area contributed by atoms with Crippen LogP contribution in [-0.2, 0) is 0 Å². The van der Waals surface area contributed by atoms with Crippen LogP contribution in [0.1, 0.15) is 43.5 Å². The van der Waals surface area contributed by atoms with E-state index in [1.807, 2.05) is 4.90 Å². The minimum absolute atomic E-state index is 0.0394. The number of carbonyl (C=O) groups excluding carboxylic acids is 1. The lowest BCUT2D eigenvalue weighted by Gasteiger charge is -2.39. The van der Waals surface area contributed by atoms with Crippen molar-refractivity contribution in [2.75, 3.05) is 0 Å². The number of hydrogen-bond donors (Lipinski definition) is 1. The standard InChI is InChI=1S/C13H18N2O2/c1-9-4-3-5-10(2)15(9)13(17)11-6-7-14-8-12(11)16/h6-10,16H,3-5H2,1-2H3/t9-,10+. The molecule has 1 saturated heterocycles. The molecule has 17 heavy (non-hydrogen) atoms. The van der Waals surface area contributed by atoms with E-state index < -0.39 is 0 Å². The van der Waals surface area contributed by atoms with Gasteiger partial charge < -0.3 is 10.0 Å². The second kappa shape index (κ2) is 4.73. The Balaban J connectivity index is 2.27. The van der Waals surface area contributed by atoms with Gasteiger partial charge in [0.25, 0.3) is 5.91 Å². The smallest absolute Gasteiger partial charge is 0.258 e. The Hall–Kier alpha value is -1.58. The van der Waals surface area contributed by atoms with E-state index in [0.29, 0.717) is 5.56 Å². The van der Waals surface area contributed by atoms with Crippen LogP contribution in [0.25, 0.3) is 0 Å². The maximum atomic E-state index is 12.4. The molecule has 1 aliphatic rings. The van der Waals surface area contributed by atoms with E-state index in [0.717, 1.165) is 19.3 Å². The van der Waals surface area contributed by atoms with Crippen molar-refractivity contribution < 1.29 is 9.90 Å². The fraction of sp³-hybridized carbons (Fsp3) is 0.538. The molecule has 0 unspecified atom stereocenters. The van der Waals surface area contributed by atoms with Crippen molar-refractivity contribution in [2.45, 2.75) is 45.2 Å². The molecule has 1 aromatic rings. The van der Waals surface area contributed by atoms with Gasteiger partial charge in [0.2, 0.25) is 0 Å². The molecule has 1 aromatic heterocycles. The first-order valence-electron chi connectivity index (χ1n) is 6.07. The van der Waals surface area contributed by atoms with E-state index in [-0.39, 0.29) is 23.7 Å². The van der Waals surface area contributed by atoms with Gasteiger partial charge in [-0.15, -0.1) is 0 Å². The average molecular weight is 234 g/mol. The number of aromatic nitrogens is 1. The number of hydrogen-bond acceptors (Lipinski definition) is 3. The van der Waals surface area contributed by atoms with Crippen LogP contribution in [0.2, 0.25) is 0 Å².